The summed E-state index contributed by atoms with van der Waals surface area (Å²) in [6, 6.07) is 13.1. The molecule has 0 spiro atoms. The molecular formula is C21H23NO6S. The van der Waals surface area contributed by atoms with Crippen LogP contribution in [0.25, 0.3) is 11.1 Å². The Morgan fingerprint density at radius 1 is 1.07 bits per heavy atom. The lowest BCUT2D eigenvalue weighted by atomic mass is 10.0. The molecule has 0 bridgehead atoms. The summed E-state index contributed by atoms with van der Waals surface area (Å²) < 4.78 is 28.4. The second-order valence-electron chi connectivity index (χ2n) is 6.94. The van der Waals surface area contributed by atoms with Gasteiger partial charge in [-0.05, 0) is 48.7 Å². The van der Waals surface area contributed by atoms with Crippen molar-refractivity contribution in [2.45, 2.75) is 19.4 Å². The van der Waals surface area contributed by atoms with Gasteiger partial charge >= 0.3 is 5.97 Å². The Labute approximate surface area is 169 Å². The molecule has 1 aliphatic rings. The number of aromatic hydroxyl groups is 1. The minimum Gasteiger partial charge on any atom is -0.508 e. The third-order valence-electron chi connectivity index (χ3n) is 4.96. The lowest BCUT2D eigenvalue weighted by Crippen LogP contribution is -2.43. The second kappa shape index (κ2) is 8.65. The van der Waals surface area contributed by atoms with E-state index < -0.39 is 28.3 Å². The topological polar surface area (TPSA) is 101 Å². The van der Waals surface area contributed by atoms with E-state index in [0.29, 0.717) is 18.5 Å². The average molecular weight is 417 g/mol. The maximum atomic E-state index is 12.4. The summed E-state index contributed by atoms with van der Waals surface area (Å²) in [6.07, 6.45) is 0.411. The van der Waals surface area contributed by atoms with E-state index in [2.05, 4.69) is 0 Å². The highest BCUT2D eigenvalue weighted by Crippen LogP contribution is 2.22. The molecule has 7 nitrogen and oxygen atoms in total. The summed E-state index contributed by atoms with van der Waals surface area (Å²) in [5.74, 6) is -0.808. The number of phenols is 1. The van der Waals surface area contributed by atoms with Gasteiger partial charge in [-0.3, -0.25) is 4.79 Å². The number of sulfone groups is 1. The van der Waals surface area contributed by atoms with E-state index in [1.807, 2.05) is 0 Å². The predicted octanol–water partition coefficient (Wildman–Crippen LogP) is 2.25. The van der Waals surface area contributed by atoms with Crippen LogP contribution in [0, 0.1) is 0 Å². The Balaban J connectivity index is 1.58. The first kappa shape index (κ1) is 20.9. The van der Waals surface area contributed by atoms with Gasteiger partial charge in [0.25, 0.3) is 5.91 Å². The first-order valence-corrected chi connectivity index (χ1v) is 11.2. The van der Waals surface area contributed by atoms with Crippen molar-refractivity contribution in [3.8, 4) is 16.9 Å². The van der Waals surface area contributed by atoms with Gasteiger partial charge in [0.2, 0.25) is 0 Å². The van der Waals surface area contributed by atoms with Crippen LogP contribution < -0.4 is 0 Å². The fourth-order valence-electron chi connectivity index (χ4n) is 3.41. The van der Waals surface area contributed by atoms with Crippen molar-refractivity contribution in [1.29, 1.82) is 0 Å². The van der Waals surface area contributed by atoms with Crippen LogP contribution in [-0.4, -0.2) is 61.0 Å². The fourth-order valence-corrected chi connectivity index (χ4v) is 5.14. The molecule has 1 unspecified atom stereocenters. The van der Waals surface area contributed by atoms with Crippen LogP contribution in [0.2, 0.25) is 0 Å². The molecule has 29 heavy (non-hydrogen) atoms. The minimum absolute atomic E-state index is 0.0424. The average Bonchev–Trinajstić information content (AvgIpc) is 3.06. The Bertz CT molecular complexity index is 983. The number of ether oxygens (including phenoxy) is 1. The molecule has 1 fully saturated rings. The summed E-state index contributed by atoms with van der Waals surface area (Å²) in [5, 5.41) is 9.35. The van der Waals surface area contributed by atoms with Gasteiger partial charge in [0, 0.05) is 12.6 Å². The summed E-state index contributed by atoms with van der Waals surface area (Å²) >= 11 is 0. The van der Waals surface area contributed by atoms with E-state index in [4.69, 9.17) is 4.74 Å². The monoisotopic (exact) mass is 417 g/mol. The van der Waals surface area contributed by atoms with E-state index in [-0.39, 0.29) is 23.3 Å². The third-order valence-corrected chi connectivity index (χ3v) is 6.71. The number of likely N-dealkylation sites (N-methyl/N-ethyl adjacent to an activating group) is 1. The van der Waals surface area contributed by atoms with Crippen LogP contribution >= 0.6 is 0 Å². The highest BCUT2D eigenvalue weighted by atomic mass is 32.2. The number of carbonyl (C=O) groups is 2. The number of benzene rings is 2. The number of esters is 1. The van der Waals surface area contributed by atoms with Crippen LogP contribution in [-0.2, 0) is 19.4 Å². The molecule has 1 saturated heterocycles. The van der Waals surface area contributed by atoms with Crippen molar-refractivity contribution in [1.82, 2.24) is 4.90 Å². The molecule has 1 heterocycles. The molecule has 1 atom stereocenters. The maximum Gasteiger partial charge on any atom is 0.338 e. The zero-order chi connectivity index (χ0) is 21.0. The molecule has 1 aliphatic heterocycles. The summed E-state index contributed by atoms with van der Waals surface area (Å²) in [5.41, 5.74) is 2.08. The highest BCUT2D eigenvalue weighted by molar-refractivity contribution is 7.91. The minimum atomic E-state index is -3.10. The lowest BCUT2D eigenvalue weighted by Gasteiger charge is -2.26. The molecule has 1 N–H and O–H groups in total. The Morgan fingerprint density at radius 2 is 1.66 bits per heavy atom. The quantitative estimate of drug-likeness (QED) is 0.724. The van der Waals surface area contributed by atoms with Crippen molar-refractivity contribution in [2.24, 2.45) is 0 Å². The standard InChI is InChI=1S/C21H23NO6S/c1-2-22(18-11-12-29(26,27)14-18)20(24)13-28-21(25)17-5-3-15(4-6-17)16-7-9-19(23)10-8-16/h3-10,18,23H,2,11-14H2,1H3. The Morgan fingerprint density at radius 3 is 2.17 bits per heavy atom. The molecule has 154 valence electrons. The van der Waals surface area contributed by atoms with Crippen LogP contribution in [0.3, 0.4) is 0 Å². The highest BCUT2D eigenvalue weighted by Gasteiger charge is 2.34. The normalized spacial score (nSPS) is 17.6. The van der Waals surface area contributed by atoms with Gasteiger partial charge in [0.15, 0.2) is 16.4 Å². The number of rotatable bonds is 6. The molecule has 2 aromatic carbocycles. The van der Waals surface area contributed by atoms with Gasteiger partial charge in [-0.25, -0.2) is 13.2 Å². The van der Waals surface area contributed by atoms with E-state index in [1.54, 1.807) is 55.5 Å². The van der Waals surface area contributed by atoms with E-state index in [1.165, 1.54) is 4.90 Å². The van der Waals surface area contributed by atoms with Gasteiger partial charge in [-0.2, -0.15) is 0 Å². The maximum absolute atomic E-state index is 12.4. The molecule has 0 saturated carbocycles. The van der Waals surface area contributed by atoms with Gasteiger partial charge in [0.1, 0.15) is 5.75 Å². The number of phenolic OH excluding ortho intramolecular Hbond substituents is 1. The molecule has 0 aromatic heterocycles. The van der Waals surface area contributed by atoms with Crippen molar-refractivity contribution in [3.63, 3.8) is 0 Å². The van der Waals surface area contributed by atoms with Gasteiger partial charge in [-0.1, -0.05) is 24.3 Å². The third kappa shape index (κ3) is 5.14. The number of amides is 1. The molecule has 3 rings (SSSR count). The summed E-state index contributed by atoms with van der Waals surface area (Å²) in [7, 11) is -3.10. The van der Waals surface area contributed by atoms with Crippen molar-refractivity contribution in [2.75, 3.05) is 24.7 Å². The summed E-state index contributed by atoms with van der Waals surface area (Å²) in [6.45, 7) is 1.70. The molecule has 0 aliphatic carbocycles. The van der Waals surface area contributed by atoms with Gasteiger partial charge in [0.05, 0.1) is 17.1 Å². The Hall–Kier alpha value is -2.87. The number of carbonyl (C=O) groups excluding carboxylic acids is 2. The molecular weight excluding hydrogens is 394 g/mol. The van der Waals surface area contributed by atoms with Crippen molar-refractivity contribution < 1.29 is 27.9 Å². The first-order chi connectivity index (χ1) is 13.8. The SMILES string of the molecule is CCN(C(=O)COC(=O)c1ccc(-c2ccc(O)cc2)cc1)C1CCS(=O)(=O)C1. The van der Waals surface area contributed by atoms with Crippen molar-refractivity contribution >= 4 is 21.7 Å². The smallest absolute Gasteiger partial charge is 0.338 e. The van der Waals surface area contributed by atoms with Crippen LogP contribution in [0.1, 0.15) is 23.7 Å². The number of hydrogen-bond donors (Lipinski definition) is 1. The fraction of sp³-hybridized carbons (Fsp3) is 0.333. The molecule has 0 radical (unpaired) electrons. The second-order valence-corrected chi connectivity index (χ2v) is 9.17. The van der Waals surface area contributed by atoms with Gasteiger partial charge < -0.3 is 14.7 Å². The predicted molar refractivity (Wildman–Crippen MR) is 108 cm³/mol. The van der Waals surface area contributed by atoms with E-state index in [0.717, 1.165) is 11.1 Å². The molecule has 2 aromatic rings. The van der Waals surface area contributed by atoms with Crippen LogP contribution in [0.15, 0.2) is 48.5 Å². The van der Waals surface area contributed by atoms with Crippen LogP contribution in [0.5, 0.6) is 5.75 Å². The lowest BCUT2D eigenvalue weighted by molar-refractivity contribution is -0.136. The number of hydrogen-bond acceptors (Lipinski definition) is 6. The van der Waals surface area contributed by atoms with Crippen molar-refractivity contribution in [3.05, 3.63) is 54.1 Å². The Kier molecular flexibility index (Phi) is 6.22. The zero-order valence-electron chi connectivity index (χ0n) is 16.1. The van der Waals surface area contributed by atoms with E-state index in [9.17, 15) is 23.1 Å². The largest absolute Gasteiger partial charge is 0.508 e. The van der Waals surface area contributed by atoms with Crippen LogP contribution in [0.4, 0.5) is 0 Å². The van der Waals surface area contributed by atoms with Gasteiger partial charge in [-0.15, -0.1) is 0 Å². The zero-order valence-corrected chi connectivity index (χ0v) is 16.9. The first-order valence-electron chi connectivity index (χ1n) is 9.35. The summed E-state index contributed by atoms with van der Waals surface area (Å²) in [4.78, 5) is 26.1. The van der Waals surface area contributed by atoms with E-state index >= 15 is 0 Å². The molecule has 1 amide bonds. The molecule has 8 heteroatoms. The number of nitrogens with zero attached hydrogens (tertiary/aromatic N) is 1.